The number of carbonyl (C=O) groups is 11. The third kappa shape index (κ3) is 26.5. The molecule has 0 aliphatic rings. The molecule has 3 aromatic rings. The molecule has 6 atom stereocenters. The fourth-order valence-electron chi connectivity index (χ4n) is 7.08. The van der Waals surface area contributed by atoms with Crippen molar-refractivity contribution in [1.29, 1.82) is 0 Å². The van der Waals surface area contributed by atoms with Gasteiger partial charge in [-0.05, 0) is 43.5 Å². The Morgan fingerprint density at radius 2 is 1.22 bits per heavy atom. The maximum Gasteiger partial charge on any atom is 0.326 e. The number of aliphatic carboxylic acids is 5. The van der Waals surface area contributed by atoms with E-state index in [0.717, 1.165) is 0 Å². The number of anilines is 2. The fraction of sp³-hybridized carbons (Fsp3) is 0.422. The van der Waals surface area contributed by atoms with Crippen LogP contribution in [0.3, 0.4) is 0 Å². The third-order valence-electron chi connectivity index (χ3n) is 10.8. The summed E-state index contributed by atoms with van der Waals surface area (Å²) in [6.07, 6.45) is -1.05. The number of nitrogens with one attached hydrogen (secondary N) is 5. The van der Waals surface area contributed by atoms with Gasteiger partial charge >= 0.3 is 29.8 Å². The Labute approximate surface area is 484 Å². The lowest BCUT2D eigenvalue weighted by Crippen LogP contribution is -2.48. The average Bonchev–Trinajstić information content (AvgIpc) is 3.31. The highest BCUT2D eigenvalue weighted by molar-refractivity contribution is 7.60. The van der Waals surface area contributed by atoms with Crippen molar-refractivity contribution in [3.63, 3.8) is 0 Å². The summed E-state index contributed by atoms with van der Waals surface area (Å²) in [5.41, 5.74) is 16.6. The van der Waals surface area contributed by atoms with Crippen LogP contribution in [0.4, 0.5) is 11.6 Å². The van der Waals surface area contributed by atoms with E-state index in [1.807, 2.05) is 0 Å². The number of H-pyrrole nitrogens is 1. The van der Waals surface area contributed by atoms with Gasteiger partial charge in [0.1, 0.15) is 11.8 Å². The molecule has 1 aromatic carbocycles. The van der Waals surface area contributed by atoms with Gasteiger partial charge in [-0.1, -0.05) is 0 Å². The molecule has 34 heteroatoms. The summed E-state index contributed by atoms with van der Waals surface area (Å²) in [4.78, 5) is 170. The number of aromatic nitrogens is 4. The van der Waals surface area contributed by atoms with Crippen LogP contribution in [0.2, 0.25) is 0 Å². The van der Waals surface area contributed by atoms with Crippen molar-refractivity contribution in [2.45, 2.75) is 95.3 Å². The molecule has 16 N–H and O–H groups in total. The Kier molecular flexibility index (Phi) is 35.7. The summed E-state index contributed by atoms with van der Waals surface area (Å²) in [6, 6.07) is 0.563. The Morgan fingerprint density at radius 3 is 1.75 bits per heavy atom. The van der Waals surface area contributed by atoms with Gasteiger partial charge in [0.15, 0.2) is 28.7 Å². The van der Waals surface area contributed by atoms with Crippen molar-refractivity contribution in [2.75, 3.05) is 17.6 Å². The number of terminal acetylenes is 1. The number of fused-ring (bicyclic) bond motifs is 1. The first-order chi connectivity index (χ1) is 34.9. The van der Waals surface area contributed by atoms with E-state index in [1.54, 1.807) is 0 Å². The van der Waals surface area contributed by atoms with Crippen LogP contribution < -0.4 is 44.0 Å². The van der Waals surface area contributed by atoms with E-state index in [4.69, 9.17) is 23.6 Å². The SMILES string of the molecule is C#CC[C@H](CC(=O)[C@H](CC(=O)O)NC(=O)[C@H](CC(=O)O)CC(=O)[C@H](CCCN=C(N)N)NC(=O)[C@H](CC(=O)O)CC(=O)CC[C@H](NC(=O)c1ccc(NCc2cnc3nc(N)[nH]c(=O)c3n2)cc1)C(=O)O)C(=O)O.S.S.S.S.S. The average molecular weight is 1210 g/mol. The molecular weight excluding hydrogens is 1140 g/mol. The van der Waals surface area contributed by atoms with E-state index < -0.39 is 164 Å². The van der Waals surface area contributed by atoms with Crippen LogP contribution in [0.1, 0.15) is 86.7 Å². The van der Waals surface area contributed by atoms with E-state index in [0.29, 0.717) is 11.4 Å². The number of guanidine groups is 1. The van der Waals surface area contributed by atoms with Crippen LogP contribution in [-0.4, -0.2) is 141 Å². The Bertz CT molecular complexity index is 2780. The standard InChI is InChI=1S/C45H54N12O17.5H2S/c1-2-4-22(42(71)72)14-32(60)30(18-35(65)66)55-40(69)24(17-34(63)64)15-31(59)28(5-3-12-49-44(46)47)53-39(68)23(16-33(61)62)13-27(58)10-11-29(43(73)74)54-38(67)21-6-8-25(9-7-21)50-19-26-20-51-37-36(52-26)41(70)57-45(48)56-37;;;;;/h1,6-9,20,22-24,28-30,50H,3-5,10-19H2,(H,53,68)(H,54,67)(H,55,69)(H,61,62)(H,63,64)(H,65,66)(H,71,72)(H,73,74)(H4,46,47,49)(H3,48,51,56,57,70);5*1H2/t22-,23+,24+,28+,29+,30+;;;;;/m1...../s1. The van der Waals surface area contributed by atoms with Crippen molar-refractivity contribution in [1.82, 2.24) is 35.9 Å². The monoisotopic (exact) mass is 1200 g/mol. The van der Waals surface area contributed by atoms with Gasteiger partial charge in [0.25, 0.3) is 11.5 Å². The molecule has 3 amide bonds. The molecule has 0 fully saturated rings. The molecule has 3 rings (SSSR count). The molecule has 2 aromatic heterocycles. The van der Waals surface area contributed by atoms with E-state index in [-0.39, 0.29) is 122 Å². The number of nitrogens with zero attached hydrogens (tertiary/aromatic N) is 4. The van der Waals surface area contributed by atoms with Gasteiger partial charge in [-0.15, -0.1) is 12.3 Å². The largest absolute Gasteiger partial charge is 0.481 e. The van der Waals surface area contributed by atoms with Gasteiger partial charge in [-0.2, -0.15) is 72.5 Å². The number of aliphatic imine (C=N–C) groups is 1. The minimum atomic E-state index is -1.89. The second-order valence-corrected chi connectivity index (χ2v) is 16.6. The molecule has 0 saturated heterocycles. The number of aromatic amines is 1. The van der Waals surface area contributed by atoms with Crippen LogP contribution in [0.5, 0.6) is 0 Å². The second kappa shape index (κ2) is 37.2. The predicted octanol–water partition coefficient (Wildman–Crippen LogP) is -1.28. The minimum Gasteiger partial charge on any atom is -0.481 e. The number of carboxylic acid groups (broad SMARTS) is 5. The van der Waals surface area contributed by atoms with E-state index in [1.165, 1.54) is 30.5 Å². The second-order valence-electron chi connectivity index (χ2n) is 16.6. The van der Waals surface area contributed by atoms with Crippen LogP contribution in [0, 0.1) is 30.1 Å². The molecule has 79 heavy (non-hydrogen) atoms. The van der Waals surface area contributed by atoms with Crippen LogP contribution in [-0.2, 0) is 54.5 Å². The summed E-state index contributed by atoms with van der Waals surface area (Å²) in [6.45, 7) is -0.0291. The molecule has 2 heterocycles. The van der Waals surface area contributed by atoms with Crippen LogP contribution >= 0.6 is 67.5 Å². The highest BCUT2D eigenvalue weighted by Gasteiger charge is 2.35. The fourth-order valence-corrected chi connectivity index (χ4v) is 7.08. The number of amides is 3. The molecule has 0 radical (unpaired) electrons. The van der Waals surface area contributed by atoms with Crippen molar-refractivity contribution in [3.05, 3.63) is 52.1 Å². The lowest BCUT2D eigenvalue weighted by Gasteiger charge is -2.24. The number of hydrogen-bond donors (Lipinski definition) is 13. The van der Waals surface area contributed by atoms with Gasteiger partial charge in [-0.25, -0.2) is 14.8 Å². The zero-order valence-corrected chi connectivity index (χ0v) is 46.8. The molecule has 0 aliphatic heterocycles. The Hall–Kier alpha value is -7.61. The van der Waals surface area contributed by atoms with Crippen molar-refractivity contribution in [2.24, 2.45) is 34.2 Å². The molecule has 29 nitrogen and oxygen atoms in total. The summed E-state index contributed by atoms with van der Waals surface area (Å²) in [5.74, 6) is -17.4. The van der Waals surface area contributed by atoms with E-state index in [2.05, 4.69) is 52.1 Å². The van der Waals surface area contributed by atoms with Crippen molar-refractivity contribution in [3.8, 4) is 12.3 Å². The normalized spacial score (nSPS) is 12.4. The summed E-state index contributed by atoms with van der Waals surface area (Å²) in [7, 11) is 0. The van der Waals surface area contributed by atoms with Gasteiger partial charge < -0.3 is 64.0 Å². The van der Waals surface area contributed by atoms with Crippen LogP contribution in [0.15, 0.2) is 40.2 Å². The third-order valence-corrected chi connectivity index (χ3v) is 10.8. The number of benzene rings is 1. The topological polar surface area (TPSA) is 499 Å². The maximum atomic E-state index is 13.8. The number of hydrogen-bond acceptors (Lipinski definition) is 18. The number of rotatable bonds is 33. The molecule has 0 unspecified atom stereocenters. The Morgan fingerprint density at radius 1 is 0.671 bits per heavy atom. The number of carbonyl (C=O) groups excluding carboxylic acids is 6. The van der Waals surface area contributed by atoms with Crippen LogP contribution in [0.25, 0.3) is 11.2 Å². The van der Waals surface area contributed by atoms with Crippen molar-refractivity contribution < 1.29 is 78.3 Å². The number of nitrogens with two attached hydrogens (primary N) is 3. The quantitative estimate of drug-likeness (QED) is 0.0146. The summed E-state index contributed by atoms with van der Waals surface area (Å²) in [5, 5.41) is 57.7. The highest BCUT2D eigenvalue weighted by atomic mass is 32.1. The number of ketones is 3. The van der Waals surface area contributed by atoms with Gasteiger partial charge in [-0.3, -0.25) is 62.7 Å². The molecule has 436 valence electrons. The highest BCUT2D eigenvalue weighted by Crippen LogP contribution is 2.20. The molecule has 0 spiro atoms. The number of Topliss-reactive ketones (excluding diaryl/α,β-unsaturated/α-hetero) is 3. The van der Waals surface area contributed by atoms with E-state index in [9.17, 15) is 83.1 Å². The Balaban J connectivity index is -0.0000116. The first-order valence-electron chi connectivity index (χ1n) is 22.3. The first kappa shape index (κ1) is 75.6. The first-order valence-corrected chi connectivity index (χ1v) is 22.3. The summed E-state index contributed by atoms with van der Waals surface area (Å²) >= 11 is 0. The van der Waals surface area contributed by atoms with Gasteiger partial charge in [0.2, 0.25) is 17.8 Å². The lowest BCUT2D eigenvalue weighted by molar-refractivity contribution is -0.146. The number of carboxylic acids is 5. The molecule has 0 aliphatic carbocycles. The maximum absolute atomic E-state index is 13.8. The van der Waals surface area contributed by atoms with Gasteiger partial charge in [0, 0.05) is 49.9 Å². The zero-order valence-electron chi connectivity index (χ0n) is 41.8. The molecule has 0 bridgehead atoms. The van der Waals surface area contributed by atoms with Crippen molar-refractivity contribution >= 4 is 161 Å². The summed E-state index contributed by atoms with van der Waals surface area (Å²) < 4.78 is 0. The molecular formula is C45H64N12O17S5. The van der Waals surface area contributed by atoms with E-state index >= 15 is 0 Å². The van der Waals surface area contributed by atoms with Gasteiger partial charge in [0.05, 0.1) is 67.5 Å². The zero-order chi connectivity index (χ0) is 55.2. The lowest BCUT2D eigenvalue weighted by atomic mass is 9.90. The molecule has 0 saturated carbocycles. The number of nitrogen functional groups attached to an aromatic ring is 1. The predicted molar refractivity (Wildman–Crippen MR) is 307 cm³/mol. The minimum absolute atomic E-state index is 0. The smallest absolute Gasteiger partial charge is 0.326 e.